The standard InChI is InChI=1S/C17H35NOS/c1-4-5-6-7-8-9-10-11-12-13-14-17(3,15-20)18-16(2)19/h20H,4-15H2,1-3H3,(H,18,19)/t17-/m0/s1. The normalized spacial score (nSPS) is 14.0. The molecule has 0 spiro atoms. The topological polar surface area (TPSA) is 29.1 Å². The highest BCUT2D eigenvalue weighted by Gasteiger charge is 2.22. The van der Waals surface area contributed by atoms with Gasteiger partial charge in [0.05, 0.1) is 0 Å². The van der Waals surface area contributed by atoms with E-state index in [0.29, 0.717) is 5.75 Å². The first-order valence-electron chi connectivity index (χ1n) is 8.43. The molecule has 2 nitrogen and oxygen atoms in total. The molecule has 0 aromatic rings. The molecule has 3 heteroatoms. The summed E-state index contributed by atoms with van der Waals surface area (Å²) in [7, 11) is 0. The molecule has 0 aromatic heterocycles. The zero-order valence-corrected chi connectivity index (χ0v) is 14.7. The van der Waals surface area contributed by atoms with Crippen LogP contribution < -0.4 is 5.32 Å². The van der Waals surface area contributed by atoms with E-state index in [2.05, 4.69) is 31.8 Å². The van der Waals surface area contributed by atoms with E-state index in [0.717, 1.165) is 6.42 Å². The van der Waals surface area contributed by atoms with E-state index < -0.39 is 0 Å². The van der Waals surface area contributed by atoms with Gasteiger partial charge >= 0.3 is 0 Å². The van der Waals surface area contributed by atoms with Crippen molar-refractivity contribution >= 4 is 18.5 Å². The van der Waals surface area contributed by atoms with E-state index in [-0.39, 0.29) is 11.4 Å². The maximum Gasteiger partial charge on any atom is 0.217 e. The smallest absolute Gasteiger partial charge is 0.217 e. The average Bonchev–Trinajstić information content (AvgIpc) is 2.40. The van der Waals surface area contributed by atoms with Gasteiger partial charge in [-0.3, -0.25) is 4.79 Å². The summed E-state index contributed by atoms with van der Waals surface area (Å²) in [5.41, 5.74) is -0.130. The number of carbonyl (C=O) groups excluding carboxylic acids is 1. The number of rotatable bonds is 13. The number of amides is 1. The number of nitrogens with one attached hydrogen (secondary N) is 1. The molecule has 0 fully saturated rings. The van der Waals surface area contributed by atoms with Crippen LogP contribution >= 0.6 is 12.6 Å². The van der Waals surface area contributed by atoms with Crippen molar-refractivity contribution < 1.29 is 4.79 Å². The summed E-state index contributed by atoms with van der Waals surface area (Å²) in [6.07, 6.45) is 14.5. The van der Waals surface area contributed by atoms with Crippen molar-refractivity contribution in [2.45, 2.75) is 96.9 Å². The van der Waals surface area contributed by atoms with Crippen molar-refractivity contribution in [3.05, 3.63) is 0 Å². The summed E-state index contributed by atoms with van der Waals surface area (Å²) in [5, 5.41) is 3.02. The van der Waals surface area contributed by atoms with Crippen molar-refractivity contribution in [1.29, 1.82) is 0 Å². The number of hydrogen-bond acceptors (Lipinski definition) is 2. The lowest BCUT2D eigenvalue weighted by Gasteiger charge is -2.28. The van der Waals surface area contributed by atoms with Crippen LogP contribution in [0.15, 0.2) is 0 Å². The Balaban J connectivity index is 3.44. The minimum absolute atomic E-state index is 0.0497. The lowest BCUT2D eigenvalue weighted by molar-refractivity contribution is -0.120. The summed E-state index contributed by atoms with van der Waals surface area (Å²) < 4.78 is 0. The van der Waals surface area contributed by atoms with Crippen LogP contribution in [0.3, 0.4) is 0 Å². The fraction of sp³-hybridized carbons (Fsp3) is 0.941. The zero-order chi connectivity index (χ0) is 15.3. The molecule has 0 unspecified atom stereocenters. The van der Waals surface area contributed by atoms with E-state index in [1.54, 1.807) is 6.92 Å². The minimum Gasteiger partial charge on any atom is -0.350 e. The predicted molar refractivity (Wildman–Crippen MR) is 92.5 cm³/mol. The van der Waals surface area contributed by atoms with Gasteiger partial charge in [-0.15, -0.1) is 0 Å². The van der Waals surface area contributed by atoms with Crippen LogP contribution in [0.2, 0.25) is 0 Å². The molecule has 120 valence electrons. The molecular weight excluding hydrogens is 266 g/mol. The van der Waals surface area contributed by atoms with Crippen LogP contribution in [0.1, 0.15) is 91.4 Å². The molecule has 20 heavy (non-hydrogen) atoms. The lowest BCUT2D eigenvalue weighted by atomic mass is 9.95. The summed E-state index contributed by atoms with van der Waals surface area (Å²) in [5.74, 6) is 0.762. The Morgan fingerprint density at radius 1 is 0.950 bits per heavy atom. The third-order valence-corrected chi connectivity index (χ3v) is 4.61. The van der Waals surface area contributed by atoms with E-state index in [9.17, 15) is 4.79 Å². The lowest BCUT2D eigenvalue weighted by Crippen LogP contribution is -2.46. The van der Waals surface area contributed by atoms with Crippen LogP contribution in [0.25, 0.3) is 0 Å². The van der Waals surface area contributed by atoms with Crippen LogP contribution in [0, 0.1) is 0 Å². The summed E-state index contributed by atoms with van der Waals surface area (Å²) in [4.78, 5) is 11.2. The summed E-state index contributed by atoms with van der Waals surface area (Å²) in [6, 6.07) is 0. The average molecular weight is 302 g/mol. The molecule has 0 rings (SSSR count). The summed E-state index contributed by atoms with van der Waals surface area (Å²) in [6.45, 7) is 5.94. The molecule has 0 saturated carbocycles. The van der Waals surface area contributed by atoms with Crippen molar-refractivity contribution in [2.75, 3.05) is 5.75 Å². The first kappa shape index (κ1) is 19.8. The minimum atomic E-state index is -0.130. The Bertz CT molecular complexity index is 245. The van der Waals surface area contributed by atoms with Crippen molar-refractivity contribution in [1.82, 2.24) is 5.32 Å². The molecule has 0 aliphatic rings. The van der Waals surface area contributed by atoms with Crippen molar-refractivity contribution in [3.63, 3.8) is 0 Å². The molecule has 1 amide bonds. The molecule has 0 aliphatic carbocycles. The number of unbranched alkanes of at least 4 members (excludes halogenated alkanes) is 9. The molecular formula is C17H35NOS. The van der Waals surface area contributed by atoms with Gasteiger partial charge in [0.1, 0.15) is 0 Å². The Morgan fingerprint density at radius 2 is 1.40 bits per heavy atom. The molecule has 0 saturated heterocycles. The first-order chi connectivity index (χ1) is 9.54. The number of hydrogen-bond donors (Lipinski definition) is 2. The van der Waals surface area contributed by atoms with Gasteiger partial charge in [0, 0.05) is 18.2 Å². The van der Waals surface area contributed by atoms with E-state index in [1.165, 1.54) is 64.2 Å². The molecule has 0 aliphatic heterocycles. The van der Waals surface area contributed by atoms with Gasteiger partial charge < -0.3 is 5.32 Å². The van der Waals surface area contributed by atoms with Crippen molar-refractivity contribution in [3.8, 4) is 0 Å². The van der Waals surface area contributed by atoms with Crippen molar-refractivity contribution in [2.24, 2.45) is 0 Å². The van der Waals surface area contributed by atoms with Crippen LogP contribution in [0.5, 0.6) is 0 Å². The number of carbonyl (C=O) groups is 1. The van der Waals surface area contributed by atoms with Gasteiger partial charge in [0.25, 0.3) is 0 Å². The fourth-order valence-corrected chi connectivity index (χ4v) is 2.85. The van der Waals surface area contributed by atoms with E-state index in [1.807, 2.05) is 0 Å². The molecule has 1 N–H and O–H groups in total. The zero-order valence-electron chi connectivity index (χ0n) is 13.8. The van der Waals surface area contributed by atoms with E-state index in [4.69, 9.17) is 0 Å². The largest absolute Gasteiger partial charge is 0.350 e. The molecule has 0 heterocycles. The van der Waals surface area contributed by atoms with Gasteiger partial charge in [-0.05, 0) is 13.3 Å². The van der Waals surface area contributed by atoms with Crippen LogP contribution in [-0.4, -0.2) is 17.2 Å². The second-order valence-electron chi connectivity index (χ2n) is 6.33. The highest BCUT2D eigenvalue weighted by molar-refractivity contribution is 7.80. The SMILES string of the molecule is CCCCCCCCCCCC[C@@](C)(CS)NC(C)=O. The van der Waals surface area contributed by atoms with Gasteiger partial charge in [0.15, 0.2) is 0 Å². The third kappa shape index (κ3) is 11.6. The van der Waals surface area contributed by atoms with Crippen LogP contribution in [0.4, 0.5) is 0 Å². The molecule has 0 aromatic carbocycles. The Labute approximate surface area is 131 Å². The highest BCUT2D eigenvalue weighted by atomic mass is 32.1. The summed E-state index contributed by atoms with van der Waals surface area (Å²) >= 11 is 4.36. The fourth-order valence-electron chi connectivity index (χ4n) is 2.61. The Hall–Kier alpha value is -0.180. The van der Waals surface area contributed by atoms with Crippen LogP contribution in [-0.2, 0) is 4.79 Å². The monoisotopic (exact) mass is 301 g/mol. The predicted octanol–water partition coefficient (Wildman–Crippen LogP) is 5.12. The Kier molecular flexibility index (Phi) is 12.4. The van der Waals surface area contributed by atoms with Gasteiger partial charge in [0.2, 0.25) is 5.91 Å². The number of thiol groups is 1. The second kappa shape index (κ2) is 12.6. The van der Waals surface area contributed by atoms with Gasteiger partial charge in [-0.1, -0.05) is 71.1 Å². The molecule has 1 atom stereocenters. The second-order valence-corrected chi connectivity index (χ2v) is 6.65. The molecule has 0 bridgehead atoms. The third-order valence-electron chi connectivity index (χ3n) is 3.91. The Morgan fingerprint density at radius 3 is 1.80 bits per heavy atom. The molecule has 0 radical (unpaired) electrons. The maximum atomic E-state index is 11.2. The quantitative estimate of drug-likeness (QED) is 0.359. The van der Waals surface area contributed by atoms with Gasteiger partial charge in [-0.2, -0.15) is 12.6 Å². The first-order valence-corrected chi connectivity index (χ1v) is 9.07. The van der Waals surface area contributed by atoms with Gasteiger partial charge in [-0.25, -0.2) is 0 Å². The van der Waals surface area contributed by atoms with E-state index >= 15 is 0 Å². The maximum absolute atomic E-state index is 11.2. The highest BCUT2D eigenvalue weighted by Crippen LogP contribution is 2.18.